The number of para-hydroxylation sites is 1. The molecular formula is C23H21BrN6O2. The Morgan fingerprint density at radius 1 is 1.09 bits per heavy atom. The molecule has 8 nitrogen and oxygen atoms in total. The SMILES string of the molecule is Cc1ccc(-c2nnc(-c3nn(C)c4c3CN(C(=O)Nc3ccccc3Br)CC4)o2)cc1. The molecule has 2 aromatic heterocycles. The summed E-state index contributed by atoms with van der Waals surface area (Å²) in [6.07, 6.45) is 0.696. The maximum Gasteiger partial charge on any atom is 0.322 e. The van der Waals surface area contributed by atoms with E-state index < -0.39 is 0 Å². The van der Waals surface area contributed by atoms with Crippen LogP contribution in [0.25, 0.3) is 23.0 Å². The molecule has 162 valence electrons. The second-order valence-corrected chi connectivity index (χ2v) is 8.61. The first kappa shape index (κ1) is 20.4. The first-order valence-corrected chi connectivity index (χ1v) is 11.0. The quantitative estimate of drug-likeness (QED) is 0.443. The highest BCUT2D eigenvalue weighted by Crippen LogP contribution is 2.31. The van der Waals surface area contributed by atoms with E-state index in [1.165, 1.54) is 0 Å². The standard InChI is InChI=1S/C23H21BrN6O2/c1-14-7-9-15(10-8-14)21-26-27-22(32-21)20-16-13-30(12-11-19(16)29(2)28-20)23(31)25-18-6-4-3-5-17(18)24/h3-10H,11-13H2,1-2H3,(H,25,31). The molecule has 9 heteroatoms. The van der Waals surface area contributed by atoms with Crippen LogP contribution in [0, 0.1) is 6.92 Å². The number of hydrogen-bond acceptors (Lipinski definition) is 5. The van der Waals surface area contributed by atoms with Crippen LogP contribution in [0.15, 0.2) is 57.4 Å². The third-order valence-corrected chi connectivity index (χ3v) is 6.26. The van der Waals surface area contributed by atoms with Crippen LogP contribution in [0.3, 0.4) is 0 Å². The minimum Gasteiger partial charge on any atom is -0.415 e. The second-order valence-electron chi connectivity index (χ2n) is 7.76. The molecule has 3 heterocycles. The number of hydrogen-bond donors (Lipinski definition) is 1. The maximum atomic E-state index is 12.9. The summed E-state index contributed by atoms with van der Waals surface area (Å²) in [6, 6.07) is 15.3. The van der Waals surface area contributed by atoms with E-state index in [4.69, 9.17) is 4.42 Å². The molecule has 2 aromatic carbocycles. The van der Waals surface area contributed by atoms with Crippen molar-refractivity contribution in [2.24, 2.45) is 7.05 Å². The van der Waals surface area contributed by atoms with E-state index in [-0.39, 0.29) is 6.03 Å². The fourth-order valence-corrected chi connectivity index (χ4v) is 4.21. The van der Waals surface area contributed by atoms with Crippen molar-refractivity contribution < 1.29 is 9.21 Å². The number of anilines is 1. The largest absolute Gasteiger partial charge is 0.415 e. The van der Waals surface area contributed by atoms with Gasteiger partial charge in [0.05, 0.1) is 12.2 Å². The van der Waals surface area contributed by atoms with Gasteiger partial charge >= 0.3 is 6.03 Å². The van der Waals surface area contributed by atoms with Crippen LogP contribution < -0.4 is 5.32 Å². The molecule has 1 N–H and O–H groups in total. The van der Waals surface area contributed by atoms with Crippen molar-refractivity contribution in [3.63, 3.8) is 0 Å². The van der Waals surface area contributed by atoms with Gasteiger partial charge in [-0.05, 0) is 47.1 Å². The molecule has 4 aromatic rings. The van der Waals surface area contributed by atoms with E-state index in [1.807, 2.05) is 67.2 Å². The third kappa shape index (κ3) is 3.80. The summed E-state index contributed by atoms with van der Waals surface area (Å²) < 4.78 is 8.63. The molecule has 1 aliphatic rings. The van der Waals surface area contributed by atoms with Gasteiger partial charge in [0.15, 0.2) is 5.69 Å². The molecular weight excluding hydrogens is 472 g/mol. The summed E-state index contributed by atoms with van der Waals surface area (Å²) in [5.74, 6) is 0.796. The van der Waals surface area contributed by atoms with Gasteiger partial charge in [0, 0.05) is 41.3 Å². The van der Waals surface area contributed by atoms with Crippen LogP contribution in [0.5, 0.6) is 0 Å². The average molecular weight is 493 g/mol. The Kier molecular flexibility index (Phi) is 5.26. The van der Waals surface area contributed by atoms with Crippen molar-refractivity contribution in [2.45, 2.75) is 19.9 Å². The molecule has 0 atom stereocenters. The molecule has 0 saturated carbocycles. The Balaban J connectivity index is 1.41. The van der Waals surface area contributed by atoms with Gasteiger partial charge in [-0.25, -0.2) is 4.79 Å². The van der Waals surface area contributed by atoms with Gasteiger partial charge in [-0.15, -0.1) is 10.2 Å². The molecule has 0 radical (unpaired) electrons. The summed E-state index contributed by atoms with van der Waals surface area (Å²) in [5, 5.41) is 16.0. The number of nitrogens with one attached hydrogen (secondary N) is 1. The predicted octanol–water partition coefficient (Wildman–Crippen LogP) is 4.80. The lowest BCUT2D eigenvalue weighted by Gasteiger charge is -2.27. The zero-order valence-electron chi connectivity index (χ0n) is 17.7. The number of rotatable bonds is 3. The van der Waals surface area contributed by atoms with Gasteiger partial charge in [-0.2, -0.15) is 5.10 Å². The zero-order chi connectivity index (χ0) is 22.2. The summed E-state index contributed by atoms with van der Waals surface area (Å²) in [5.41, 5.74) is 5.36. The Morgan fingerprint density at radius 2 is 1.84 bits per heavy atom. The first-order chi connectivity index (χ1) is 15.5. The first-order valence-electron chi connectivity index (χ1n) is 10.3. The molecule has 5 rings (SSSR count). The Labute approximate surface area is 193 Å². The fraction of sp³-hybridized carbons (Fsp3) is 0.217. The number of fused-ring (bicyclic) bond motifs is 1. The minimum atomic E-state index is -0.164. The van der Waals surface area contributed by atoms with Crippen LogP contribution in [-0.2, 0) is 20.0 Å². The lowest BCUT2D eigenvalue weighted by molar-refractivity contribution is 0.206. The summed E-state index contributed by atoms with van der Waals surface area (Å²) in [6.45, 7) is 3.04. The number of aryl methyl sites for hydroxylation is 2. The zero-order valence-corrected chi connectivity index (χ0v) is 19.3. The molecule has 0 bridgehead atoms. The molecule has 0 saturated heterocycles. The van der Waals surface area contributed by atoms with Gasteiger partial charge < -0.3 is 14.6 Å². The predicted molar refractivity (Wildman–Crippen MR) is 124 cm³/mol. The molecule has 0 aliphatic carbocycles. The topological polar surface area (TPSA) is 89.1 Å². The normalized spacial score (nSPS) is 13.2. The van der Waals surface area contributed by atoms with Crippen molar-refractivity contribution in [3.8, 4) is 23.0 Å². The van der Waals surface area contributed by atoms with Crippen LogP contribution >= 0.6 is 15.9 Å². The lowest BCUT2D eigenvalue weighted by atomic mass is 10.1. The van der Waals surface area contributed by atoms with Crippen LogP contribution in [0.2, 0.25) is 0 Å². The molecule has 1 aliphatic heterocycles. The second kappa shape index (κ2) is 8.23. The van der Waals surface area contributed by atoms with Gasteiger partial charge in [0.25, 0.3) is 5.89 Å². The molecule has 0 spiro atoms. The van der Waals surface area contributed by atoms with E-state index in [1.54, 1.807) is 4.90 Å². The maximum absolute atomic E-state index is 12.9. The number of nitrogens with zero attached hydrogens (tertiary/aromatic N) is 5. The average Bonchev–Trinajstić information content (AvgIpc) is 3.40. The van der Waals surface area contributed by atoms with Crippen LogP contribution in [0.4, 0.5) is 10.5 Å². The molecule has 0 fully saturated rings. The van der Waals surface area contributed by atoms with Crippen molar-refractivity contribution >= 4 is 27.6 Å². The van der Waals surface area contributed by atoms with Gasteiger partial charge in [0.2, 0.25) is 5.89 Å². The highest BCUT2D eigenvalue weighted by Gasteiger charge is 2.29. The van der Waals surface area contributed by atoms with E-state index in [2.05, 4.69) is 36.5 Å². The van der Waals surface area contributed by atoms with E-state index >= 15 is 0 Å². The highest BCUT2D eigenvalue weighted by atomic mass is 79.9. The van der Waals surface area contributed by atoms with Gasteiger partial charge in [-0.1, -0.05) is 29.8 Å². The van der Waals surface area contributed by atoms with E-state index in [0.29, 0.717) is 37.0 Å². The fourth-order valence-electron chi connectivity index (χ4n) is 3.83. The van der Waals surface area contributed by atoms with Crippen molar-refractivity contribution in [1.29, 1.82) is 0 Å². The Morgan fingerprint density at radius 3 is 2.62 bits per heavy atom. The molecule has 32 heavy (non-hydrogen) atoms. The van der Waals surface area contributed by atoms with Crippen molar-refractivity contribution in [1.82, 2.24) is 24.9 Å². The smallest absolute Gasteiger partial charge is 0.322 e. The number of urea groups is 1. The highest BCUT2D eigenvalue weighted by molar-refractivity contribution is 9.10. The van der Waals surface area contributed by atoms with Crippen molar-refractivity contribution in [3.05, 3.63) is 69.8 Å². The Bertz CT molecular complexity index is 1290. The number of halogens is 1. The van der Waals surface area contributed by atoms with Crippen molar-refractivity contribution in [2.75, 3.05) is 11.9 Å². The van der Waals surface area contributed by atoms with E-state index in [9.17, 15) is 4.79 Å². The summed E-state index contributed by atoms with van der Waals surface area (Å²) in [4.78, 5) is 14.7. The van der Waals surface area contributed by atoms with Gasteiger partial charge in [-0.3, -0.25) is 4.68 Å². The number of carbonyl (C=O) groups excluding carboxylic acids is 1. The van der Waals surface area contributed by atoms with Crippen LogP contribution in [0.1, 0.15) is 16.8 Å². The third-order valence-electron chi connectivity index (χ3n) is 5.57. The Hall–Kier alpha value is -3.46. The summed E-state index contributed by atoms with van der Waals surface area (Å²) >= 11 is 3.47. The number of benzene rings is 2. The van der Waals surface area contributed by atoms with Crippen LogP contribution in [-0.4, -0.2) is 37.5 Å². The minimum absolute atomic E-state index is 0.164. The summed E-state index contributed by atoms with van der Waals surface area (Å²) in [7, 11) is 1.90. The van der Waals surface area contributed by atoms with E-state index in [0.717, 1.165) is 32.5 Å². The number of amides is 2. The number of aromatic nitrogens is 4. The monoisotopic (exact) mass is 492 g/mol. The molecule has 0 unspecified atom stereocenters. The van der Waals surface area contributed by atoms with Gasteiger partial charge in [0.1, 0.15) is 0 Å². The molecule has 2 amide bonds. The number of carbonyl (C=O) groups is 1. The lowest BCUT2D eigenvalue weighted by Crippen LogP contribution is -2.39.